The summed E-state index contributed by atoms with van der Waals surface area (Å²) in [6, 6.07) is 29.8. The summed E-state index contributed by atoms with van der Waals surface area (Å²) in [4.78, 5) is 8.38. The first-order valence-electron chi connectivity index (χ1n) is 10.7. The van der Waals surface area contributed by atoms with Crippen molar-refractivity contribution < 1.29 is 9.13 Å². The topological polar surface area (TPSA) is 37.9 Å². The molecule has 0 fully saturated rings. The minimum Gasteiger partial charge on any atom is -0.488 e. The summed E-state index contributed by atoms with van der Waals surface area (Å²) in [5, 5.41) is 0.844. The third-order valence-electron chi connectivity index (χ3n) is 5.44. The van der Waals surface area contributed by atoms with Crippen LogP contribution in [0.25, 0.3) is 33.9 Å². The molecule has 0 radical (unpaired) electrons. The summed E-state index contributed by atoms with van der Waals surface area (Å²) in [7, 11) is 0. The van der Waals surface area contributed by atoms with Gasteiger partial charge in [-0.15, -0.1) is 0 Å². The molecule has 5 rings (SSSR count). The Kier molecular flexibility index (Phi) is 6.35. The lowest BCUT2D eigenvalue weighted by atomic mass is 10.1. The van der Waals surface area contributed by atoms with Crippen molar-refractivity contribution in [2.45, 2.75) is 6.61 Å². The maximum Gasteiger partial charge on any atom is 0.142 e. The summed E-state index contributed by atoms with van der Waals surface area (Å²) in [6.45, 7) is -0.0298. The molecule has 0 atom stereocenters. The van der Waals surface area contributed by atoms with Crippen LogP contribution in [0.1, 0.15) is 5.56 Å². The highest BCUT2D eigenvalue weighted by Gasteiger charge is 2.19. The van der Waals surface area contributed by atoms with Gasteiger partial charge in [0.25, 0.3) is 0 Å². The third-order valence-corrected chi connectivity index (χ3v) is 6.03. The molecular weight excluding hydrogens is 470 g/mol. The molecule has 5 aromatic rings. The quantitative estimate of drug-likeness (QED) is 0.260. The Hall–Kier alpha value is -3.60. The van der Waals surface area contributed by atoms with E-state index >= 15 is 0 Å². The summed E-state index contributed by atoms with van der Waals surface area (Å²) in [5.74, 6) is 0.685. The van der Waals surface area contributed by atoms with Gasteiger partial charge in [0, 0.05) is 21.7 Å². The van der Waals surface area contributed by atoms with Crippen molar-refractivity contribution in [1.29, 1.82) is 0 Å². The number of aromatic amines is 1. The first-order valence-corrected chi connectivity index (χ1v) is 11.4. The van der Waals surface area contributed by atoms with Crippen LogP contribution in [0.15, 0.2) is 97.1 Å². The number of imidazole rings is 1. The van der Waals surface area contributed by atoms with Crippen LogP contribution in [0, 0.1) is 5.82 Å². The fraction of sp³-hybridized carbons (Fsp3) is 0.0357. The highest BCUT2D eigenvalue weighted by molar-refractivity contribution is 6.31. The van der Waals surface area contributed by atoms with Crippen molar-refractivity contribution in [2.75, 3.05) is 0 Å². The largest absolute Gasteiger partial charge is 0.488 e. The predicted octanol–water partition coefficient (Wildman–Crippen LogP) is 8.44. The van der Waals surface area contributed by atoms with E-state index < -0.39 is 5.82 Å². The van der Waals surface area contributed by atoms with Crippen LogP contribution < -0.4 is 4.74 Å². The van der Waals surface area contributed by atoms with Gasteiger partial charge in [-0.1, -0.05) is 89.9 Å². The second-order valence-electron chi connectivity index (χ2n) is 7.67. The third kappa shape index (κ3) is 4.56. The SMILES string of the molecule is Fc1cccc(Cl)c1COc1ccc(Cl)cc1-c1nc(-c2ccccc2)c(-c2ccccc2)[nH]1. The molecule has 1 N–H and O–H groups in total. The molecule has 0 aliphatic rings. The number of rotatable bonds is 6. The molecule has 4 aromatic carbocycles. The van der Waals surface area contributed by atoms with E-state index in [0.29, 0.717) is 32.7 Å². The standard InChI is InChI=1S/C28H19Cl2FN2O/c29-20-14-15-25(34-17-22-23(30)12-7-13-24(22)31)21(16-20)28-32-26(18-8-3-1-4-9-18)27(33-28)19-10-5-2-6-11-19/h1-16H,17H2,(H,32,33). The summed E-state index contributed by atoms with van der Waals surface area (Å²) in [6.07, 6.45) is 0. The molecule has 0 unspecified atom stereocenters. The molecule has 0 spiro atoms. The minimum absolute atomic E-state index is 0.0298. The van der Waals surface area contributed by atoms with Gasteiger partial charge in [-0.2, -0.15) is 0 Å². The lowest BCUT2D eigenvalue weighted by Gasteiger charge is -2.12. The van der Waals surface area contributed by atoms with Gasteiger partial charge in [0.15, 0.2) is 0 Å². The van der Waals surface area contributed by atoms with Crippen molar-refractivity contribution in [2.24, 2.45) is 0 Å². The zero-order chi connectivity index (χ0) is 23.5. The first-order chi connectivity index (χ1) is 16.6. The second-order valence-corrected chi connectivity index (χ2v) is 8.51. The van der Waals surface area contributed by atoms with E-state index in [9.17, 15) is 4.39 Å². The number of H-pyrrole nitrogens is 1. The van der Waals surface area contributed by atoms with E-state index in [1.165, 1.54) is 6.07 Å². The van der Waals surface area contributed by atoms with Crippen LogP contribution in [0.4, 0.5) is 4.39 Å². The first kappa shape index (κ1) is 22.2. The lowest BCUT2D eigenvalue weighted by molar-refractivity contribution is 0.301. The molecule has 0 aliphatic carbocycles. The lowest BCUT2D eigenvalue weighted by Crippen LogP contribution is -2.01. The highest BCUT2D eigenvalue weighted by atomic mass is 35.5. The summed E-state index contributed by atoms with van der Waals surface area (Å²) >= 11 is 12.5. The van der Waals surface area contributed by atoms with Crippen LogP contribution in [0.5, 0.6) is 5.75 Å². The number of aromatic nitrogens is 2. The zero-order valence-corrected chi connectivity index (χ0v) is 19.4. The highest BCUT2D eigenvalue weighted by Crippen LogP contribution is 2.37. The van der Waals surface area contributed by atoms with Gasteiger partial charge in [0.1, 0.15) is 24.0 Å². The van der Waals surface area contributed by atoms with Crippen LogP contribution in [-0.2, 0) is 6.61 Å². The number of benzene rings is 4. The Morgan fingerprint density at radius 3 is 2.21 bits per heavy atom. The molecule has 0 amide bonds. The van der Waals surface area contributed by atoms with E-state index in [0.717, 1.165) is 22.5 Å². The fourth-order valence-corrected chi connectivity index (χ4v) is 4.14. The van der Waals surface area contributed by atoms with E-state index in [-0.39, 0.29) is 6.61 Å². The molecule has 6 heteroatoms. The molecule has 0 saturated heterocycles. The minimum atomic E-state index is -0.418. The van der Waals surface area contributed by atoms with Crippen LogP contribution in [0.3, 0.4) is 0 Å². The van der Waals surface area contributed by atoms with Crippen LogP contribution >= 0.6 is 23.2 Å². The van der Waals surface area contributed by atoms with Gasteiger partial charge in [-0.3, -0.25) is 0 Å². The molecular formula is C28H19Cl2FN2O. The normalized spacial score (nSPS) is 10.9. The van der Waals surface area contributed by atoms with E-state index in [2.05, 4.69) is 4.98 Å². The Balaban J connectivity index is 1.59. The zero-order valence-electron chi connectivity index (χ0n) is 17.9. The van der Waals surface area contributed by atoms with Gasteiger partial charge in [0.05, 0.1) is 22.0 Å². The molecule has 168 valence electrons. The Bertz CT molecular complexity index is 1360. The fourth-order valence-electron chi connectivity index (χ4n) is 3.75. The number of hydrogen-bond donors (Lipinski definition) is 1. The molecule has 0 aliphatic heterocycles. The maximum absolute atomic E-state index is 14.3. The van der Waals surface area contributed by atoms with E-state index in [1.807, 2.05) is 60.7 Å². The van der Waals surface area contributed by atoms with Gasteiger partial charge in [-0.05, 0) is 30.3 Å². The van der Waals surface area contributed by atoms with Crippen molar-refractivity contribution in [1.82, 2.24) is 9.97 Å². The monoisotopic (exact) mass is 488 g/mol. The second kappa shape index (κ2) is 9.72. The molecule has 1 aromatic heterocycles. The number of nitrogens with one attached hydrogen (secondary N) is 1. The van der Waals surface area contributed by atoms with E-state index in [1.54, 1.807) is 30.3 Å². The maximum atomic E-state index is 14.3. The Morgan fingerprint density at radius 2 is 1.50 bits per heavy atom. The Labute approximate surface area is 206 Å². The summed E-state index contributed by atoms with van der Waals surface area (Å²) < 4.78 is 20.3. The van der Waals surface area contributed by atoms with E-state index in [4.69, 9.17) is 32.9 Å². The molecule has 0 bridgehead atoms. The Morgan fingerprint density at radius 1 is 0.794 bits per heavy atom. The average Bonchev–Trinajstić information content (AvgIpc) is 3.31. The van der Waals surface area contributed by atoms with Crippen molar-refractivity contribution in [3.63, 3.8) is 0 Å². The number of ether oxygens (including phenoxy) is 1. The number of nitrogens with zero attached hydrogens (tertiary/aromatic N) is 1. The molecule has 1 heterocycles. The van der Waals surface area contributed by atoms with Gasteiger partial charge >= 0.3 is 0 Å². The van der Waals surface area contributed by atoms with Crippen LogP contribution in [0.2, 0.25) is 10.0 Å². The van der Waals surface area contributed by atoms with Crippen molar-refractivity contribution in [3.8, 4) is 39.7 Å². The van der Waals surface area contributed by atoms with Gasteiger partial charge in [0.2, 0.25) is 0 Å². The molecule has 3 nitrogen and oxygen atoms in total. The van der Waals surface area contributed by atoms with Crippen molar-refractivity contribution >= 4 is 23.2 Å². The molecule has 34 heavy (non-hydrogen) atoms. The average molecular weight is 489 g/mol. The smallest absolute Gasteiger partial charge is 0.142 e. The number of hydrogen-bond acceptors (Lipinski definition) is 2. The van der Waals surface area contributed by atoms with Crippen molar-refractivity contribution in [3.05, 3.63) is 118 Å². The molecule has 0 saturated carbocycles. The predicted molar refractivity (Wildman–Crippen MR) is 136 cm³/mol. The van der Waals surface area contributed by atoms with Gasteiger partial charge < -0.3 is 9.72 Å². The van der Waals surface area contributed by atoms with Gasteiger partial charge in [-0.25, -0.2) is 9.37 Å². The van der Waals surface area contributed by atoms with Crippen LogP contribution in [-0.4, -0.2) is 9.97 Å². The summed E-state index contributed by atoms with van der Waals surface area (Å²) in [5.41, 5.74) is 4.63. The number of halogens is 3.